The van der Waals surface area contributed by atoms with Crippen LogP contribution in [0.3, 0.4) is 0 Å². The molecule has 47 valence electrons. The minimum atomic E-state index is -1.25. The molecule has 0 amide bonds. The first-order chi connectivity index (χ1) is 4.22. The third kappa shape index (κ3) is 0.910. The van der Waals surface area contributed by atoms with Crippen molar-refractivity contribution in [1.29, 1.82) is 0 Å². The third-order valence-electron chi connectivity index (χ3n) is 1.00. The van der Waals surface area contributed by atoms with Crippen LogP contribution in [0.5, 0.6) is 0 Å². The summed E-state index contributed by atoms with van der Waals surface area (Å²) >= 11 is 0. The highest BCUT2D eigenvalue weighted by molar-refractivity contribution is 5.82. The number of aryl methyl sites for hydroxylation is 1. The Hall–Kier alpha value is -1.32. The largest absolute Gasteiger partial charge is 0.421 e. The van der Waals surface area contributed by atoms with E-state index in [1.54, 1.807) is 13.2 Å². The molecular formula is C5H5N2O2. The van der Waals surface area contributed by atoms with E-state index in [0.29, 0.717) is 0 Å². The summed E-state index contributed by atoms with van der Waals surface area (Å²) in [7, 11) is 1.60. The number of hydrogen-bond acceptors (Lipinski definition) is 2. The molecule has 0 saturated carbocycles. The molecule has 4 heteroatoms. The van der Waals surface area contributed by atoms with Gasteiger partial charge in [-0.1, -0.05) is 0 Å². The Morgan fingerprint density at radius 1 is 1.78 bits per heavy atom. The summed E-state index contributed by atoms with van der Waals surface area (Å²) < 4.78 is 1.38. The van der Waals surface area contributed by atoms with Crippen molar-refractivity contribution in [3.05, 3.63) is 18.2 Å². The van der Waals surface area contributed by atoms with Crippen molar-refractivity contribution >= 4 is 5.97 Å². The van der Waals surface area contributed by atoms with Crippen molar-refractivity contribution < 1.29 is 9.90 Å². The summed E-state index contributed by atoms with van der Waals surface area (Å²) in [6.45, 7) is 0. The summed E-state index contributed by atoms with van der Waals surface area (Å²) in [5.41, 5.74) is 0. The number of nitrogens with zero attached hydrogens (tertiary/aromatic N) is 2. The third-order valence-corrected chi connectivity index (χ3v) is 1.00. The normalized spacial score (nSPS) is 9.44. The van der Waals surface area contributed by atoms with Gasteiger partial charge in [-0.15, -0.1) is 0 Å². The molecule has 0 fully saturated rings. The molecule has 1 radical (unpaired) electrons. The van der Waals surface area contributed by atoms with Gasteiger partial charge in [0.15, 0.2) is 0 Å². The van der Waals surface area contributed by atoms with E-state index in [1.165, 1.54) is 10.8 Å². The Morgan fingerprint density at radius 2 is 2.44 bits per heavy atom. The molecule has 0 aliphatic heterocycles. The predicted octanol–water partition coefficient (Wildman–Crippen LogP) is -0.00920. The summed E-state index contributed by atoms with van der Waals surface area (Å²) in [4.78, 5) is 13.6. The number of rotatable bonds is 1. The smallest absolute Gasteiger partial charge is 0.328 e. The van der Waals surface area contributed by atoms with Crippen LogP contribution in [0, 0.1) is 0 Å². The van der Waals surface area contributed by atoms with Crippen LogP contribution in [-0.4, -0.2) is 15.5 Å². The molecular weight excluding hydrogens is 120 g/mol. The molecule has 0 bridgehead atoms. The molecule has 0 aromatic carbocycles. The topological polar surface area (TPSA) is 54.8 Å². The molecule has 1 rings (SSSR count). The lowest BCUT2D eigenvalue weighted by atomic mass is 10.6. The highest BCUT2D eigenvalue weighted by Gasteiger charge is 2.08. The van der Waals surface area contributed by atoms with Crippen molar-refractivity contribution in [3.8, 4) is 0 Å². The lowest BCUT2D eigenvalue weighted by Crippen LogP contribution is -2.03. The van der Waals surface area contributed by atoms with E-state index in [-0.39, 0.29) is 5.82 Å². The SMILES string of the molecule is Cn1ccnc1C([O])=O. The second-order valence-corrected chi connectivity index (χ2v) is 1.65. The van der Waals surface area contributed by atoms with Crippen LogP contribution in [0.25, 0.3) is 0 Å². The lowest BCUT2D eigenvalue weighted by Gasteiger charge is -1.88. The average molecular weight is 125 g/mol. The molecule has 1 aromatic heterocycles. The summed E-state index contributed by atoms with van der Waals surface area (Å²) in [5.74, 6) is -1.29. The maximum Gasteiger partial charge on any atom is 0.421 e. The van der Waals surface area contributed by atoms with E-state index in [1.807, 2.05) is 0 Å². The highest BCUT2D eigenvalue weighted by atomic mass is 16.4. The van der Waals surface area contributed by atoms with Gasteiger partial charge in [0, 0.05) is 19.4 Å². The standard InChI is InChI=1S/C5H5N2O2/c1-7-3-2-6-4(7)5(8)9/h2-3H,1H3. The lowest BCUT2D eigenvalue weighted by molar-refractivity contribution is 0.0554. The van der Waals surface area contributed by atoms with Crippen LogP contribution >= 0.6 is 0 Å². The quantitative estimate of drug-likeness (QED) is 0.530. The Labute approximate surface area is 51.8 Å². The van der Waals surface area contributed by atoms with E-state index in [2.05, 4.69) is 4.98 Å². The van der Waals surface area contributed by atoms with Crippen LogP contribution in [0.4, 0.5) is 0 Å². The Morgan fingerprint density at radius 3 is 2.67 bits per heavy atom. The van der Waals surface area contributed by atoms with Gasteiger partial charge in [-0.25, -0.2) is 14.9 Å². The molecule has 0 aliphatic rings. The van der Waals surface area contributed by atoms with E-state index < -0.39 is 5.97 Å². The van der Waals surface area contributed by atoms with Crippen LogP contribution in [0.2, 0.25) is 0 Å². The van der Waals surface area contributed by atoms with Crippen molar-refractivity contribution in [1.82, 2.24) is 9.55 Å². The van der Waals surface area contributed by atoms with E-state index in [0.717, 1.165) is 0 Å². The van der Waals surface area contributed by atoms with Crippen molar-refractivity contribution in [2.75, 3.05) is 0 Å². The number of hydrogen-bond donors (Lipinski definition) is 0. The molecule has 9 heavy (non-hydrogen) atoms. The number of imidazole rings is 1. The number of carbonyl (C=O) groups is 1. The van der Waals surface area contributed by atoms with Gasteiger partial charge < -0.3 is 4.57 Å². The second-order valence-electron chi connectivity index (χ2n) is 1.65. The zero-order valence-electron chi connectivity index (χ0n) is 4.87. The zero-order chi connectivity index (χ0) is 6.85. The Bertz CT molecular complexity index is 229. The predicted molar refractivity (Wildman–Crippen MR) is 28.2 cm³/mol. The number of aromatic nitrogens is 2. The van der Waals surface area contributed by atoms with Crippen LogP contribution in [0.1, 0.15) is 10.6 Å². The highest BCUT2D eigenvalue weighted by Crippen LogP contribution is 1.92. The maximum atomic E-state index is 10.1. The van der Waals surface area contributed by atoms with Crippen LogP contribution < -0.4 is 0 Å². The summed E-state index contributed by atoms with van der Waals surface area (Å²) in [5, 5.41) is 10.1. The molecule has 0 unspecified atom stereocenters. The zero-order valence-corrected chi connectivity index (χ0v) is 4.87. The molecule has 0 spiro atoms. The second kappa shape index (κ2) is 1.89. The molecule has 0 aliphatic carbocycles. The Balaban J connectivity index is 3.08. The maximum absolute atomic E-state index is 10.1. The Kier molecular flexibility index (Phi) is 1.22. The summed E-state index contributed by atoms with van der Waals surface area (Å²) in [6.07, 6.45) is 2.95. The van der Waals surface area contributed by atoms with Gasteiger partial charge in [0.25, 0.3) is 0 Å². The molecule has 0 N–H and O–H groups in total. The van der Waals surface area contributed by atoms with Crippen LogP contribution in [0.15, 0.2) is 12.4 Å². The fraction of sp³-hybridized carbons (Fsp3) is 0.200. The fourth-order valence-electron chi connectivity index (χ4n) is 0.562. The molecule has 4 nitrogen and oxygen atoms in total. The van der Waals surface area contributed by atoms with Gasteiger partial charge in [-0.05, 0) is 0 Å². The minimum absolute atomic E-state index is 0.0463. The average Bonchev–Trinajstić information content (AvgIpc) is 2.13. The molecule has 0 atom stereocenters. The van der Waals surface area contributed by atoms with Gasteiger partial charge in [0.1, 0.15) is 0 Å². The summed E-state index contributed by atoms with van der Waals surface area (Å²) in [6, 6.07) is 0. The van der Waals surface area contributed by atoms with Gasteiger partial charge in [0.05, 0.1) is 0 Å². The number of carbonyl (C=O) groups excluding carboxylic acids is 1. The first kappa shape index (κ1) is 5.81. The monoisotopic (exact) mass is 125 g/mol. The van der Waals surface area contributed by atoms with Crippen LogP contribution in [-0.2, 0) is 12.2 Å². The fourth-order valence-corrected chi connectivity index (χ4v) is 0.562. The van der Waals surface area contributed by atoms with E-state index in [9.17, 15) is 9.90 Å². The molecule has 1 heterocycles. The van der Waals surface area contributed by atoms with Gasteiger partial charge >= 0.3 is 5.97 Å². The van der Waals surface area contributed by atoms with Crippen molar-refractivity contribution in [3.63, 3.8) is 0 Å². The van der Waals surface area contributed by atoms with Gasteiger partial charge in [0.2, 0.25) is 5.82 Å². The van der Waals surface area contributed by atoms with Crippen molar-refractivity contribution in [2.24, 2.45) is 7.05 Å². The molecule has 1 aromatic rings. The first-order valence-electron chi connectivity index (χ1n) is 2.40. The van der Waals surface area contributed by atoms with Gasteiger partial charge in [-0.3, -0.25) is 0 Å². The van der Waals surface area contributed by atoms with E-state index >= 15 is 0 Å². The van der Waals surface area contributed by atoms with Crippen molar-refractivity contribution in [2.45, 2.75) is 0 Å². The van der Waals surface area contributed by atoms with E-state index in [4.69, 9.17) is 0 Å². The first-order valence-corrected chi connectivity index (χ1v) is 2.40. The minimum Gasteiger partial charge on any atom is -0.328 e. The molecule has 0 saturated heterocycles. The van der Waals surface area contributed by atoms with Gasteiger partial charge in [-0.2, -0.15) is 0 Å².